The van der Waals surface area contributed by atoms with Gasteiger partial charge in [-0.15, -0.1) is 0 Å². The number of hydrogen-bond acceptors (Lipinski definition) is 10. The minimum absolute atomic E-state index is 0.0457. The highest BCUT2D eigenvalue weighted by Crippen LogP contribution is 2.26. The molecule has 1 rings (SSSR count). The molecule has 0 saturated carbocycles. The summed E-state index contributed by atoms with van der Waals surface area (Å²) in [4.78, 5) is 26.4. The maximum absolute atomic E-state index is 13.3. The summed E-state index contributed by atoms with van der Waals surface area (Å²) in [5.41, 5.74) is 0. The van der Waals surface area contributed by atoms with Gasteiger partial charge in [0.25, 0.3) is 0 Å². The molecular formula is C61H97NO10. The first-order valence-electron chi connectivity index (χ1n) is 27.5. The second-order valence-corrected chi connectivity index (χ2v) is 18.3. The minimum atomic E-state index is -1.65. The molecule has 11 nitrogen and oxygen atoms in total. The van der Waals surface area contributed by atoms with Crippen LogP contribution in [0.15, 0.2) is 134 Å². The van der Waals surface area contributed by atoms with Crippen LogP contribution >= 0.6 is 0 Å². The monoisotopic (exact) mass is 1000 g/mol. The van der Waals surface area contributed by atoms with Gasteiger partial charge in [-0.05, 0) is 77.0 Å². The molecule has 6 N–H and O–H groups in total. The van der Waals surface area contributed by atoms with E-state index in [0.717, 1.165) is 83.5 Å². The van der Waals surface area contributed by atoms with E-state index in [-0.39, 0.29) is 19.4 Å². The molecule has 0 aromatic carbocycles. The largest absolute Gasteiger partial charge is 0.454 e. The van der Waals surface area contributed by atoms with Gasteiger partial charge in [0.05, 0.1) is 25.4 Å². The van der Waals surface area contributed by atoms with E-state index in [9.17, 15) is 35.1 Å². The molecule has 0 spiro atoms. The van der Waals surface area contributed by atoms with Gasteiger partial charge in [0, 0.05) is 12.8 Å². The highest BCUT2D eigenvalue weighted by Gasteiger charge is 2.47. The highest BCUT2D eigenvalue weighted by atomic mass is 16.7. The van der Waals surface area contributed by atoms with E-state index in [1.54, 1.807) is 12.2 Å². The van der Waals surface area contributed by atoms with E-state index < -0.39 is 67.4 Å². The van der Waals surface area contributed by atoms with Crippen LogP contribution < -0.4 is 5.32 Å². The van der Waals surface area contributed by atoms with Crippen molar-refractivity contribution < 1.29 is 49.3 Å². The third kappa shape index (κ3) is 35.8. The Morgan fingerprint density at radius 1 is 0.569 bits per heavy atom. The van der Waals surface area contributed by atoms with Crippen molar-refractivity contribution in [3.8, 4) is 0 Å². The number of amides is 1. The van der Waals surface area contributed by atoms with Crippen molar-refractivity contribution in [3.05, 3.63) is 134 Å². The third-order valence-corrected chi connectivity index (χ3v) is 11.9. The Kier molecular flexibility index (Phi) is 43.7. The molecule has 0 aromatic rings. The number of ether oxygens (including phenoxy) is 3. The number of carbonyl (C=O) groups is 2. The topological polar surface area (TPSA) is 175 Å². The van der Waals surface area contributed by atoms with Crippen LogP contribution in [-0.4, -0.2) is 99.6 Å². The molecule has 1 aliphatic rings. The first-order chi connectivity index (χ1) is 35.2. The molecule has 0 radical (unpaired) electrons. The lowest BCUT2D eigenvalue weighted by Crippen LogP contribution is -2.61. The Hall–Kier alpha value is -4.20. The second kappa shape index (κ2) is 47.8. The van der Waals surface area contributed by atoms with Crippen molar-refractivity contribution in [2.24, 2.45) is 0 Å². The summed E-state index contributed by atoms with van der Waals surface area (Å²) < 4.78 is 17.4. The maximum atomic E-state index is 13.3. The van der Waals surface area contributed by atoms with E-state index in [1.807, 2.05) is 54.7 Å². The van der Waals surface area contributed by atoms with E-state index in [2.05, 4.69) is 92.9 Å². The SMILES string of the molecule is CC/C=C\C/C=C\C/C=C\C/C=C\C/C=C\C/C=C\CC(O)C(=O)NC(COC1OC(CO)C(O)C(O)C1OC(=O)CCCCC\C=C/C=C\C=C\C=C\CC)C(O)/C=C/CCCCCCCCCCCC. The smallest absolute Gasteiger partial charge is 0.306 e. The lowest BCUT2D eigenvalue weighted by Gasteiger charge is -2.41. The van der Waals surface area contributed by atoms with Gasteiger partial charge in [0.1, 0.15) is 24.4 Å². The maximum Gasteiger partial charge on any atom is 0.306 e. The molecule has 0 bridgehead atoms. The number of rotatable bonds is 43. The van der Waals surface area contributed by atoms with Crippen molar-refractivity contribution in [2.45, 2.75) is 224 Å². The Labute approximate surface area is 435 Å². The number of carbonyl (C=O) groups excluding carboxylic acids is 2. The molecule has 72 heavy (non-hydrogen) atoms. The summed E-state index contributed by atoms with van der Waals surface area (Å²) in [6.07, 6.45) is 56.6. The Balaban J connectivity index is 2.84. The molecule has 11 heteroatoms. The molecule has 1 saturated heterocycles. The minimum Gasteiger partial charge on any atom is -0.454 e. The number of aliphatic hydroxyl groups is 5. The highest BCUT2D eigenvalue weighted by molar-refractivity contribution is 5.81. The summed E-state index contributed by atoms with van der Waals surface area (Å²) in [7, 11) is 0. The van der Waals surface area contributed by atoms with Crippen LogP contribution in [-0.2, 0) is 23.8 Å². The summed E-state index contributed by atoms with van der Waals surface area (Å²) in [5, 5.41) is 56.6. The third-order valence-electron chi connectivity index (χ3n) is 11.9. The van der Waals surface area contributed by atoms with Crippen LogP contribution in [0.1, 0.15) is 175 Å². The Bertz CT molecular complexity index is 1670. The average Bonchev–Trinajstić information content (AvgIpc) is 3.38. The van der Waals surface area contributed by atoms with Gasteiger partial charge < -0.3 is 45.1 Å². The Morgan fingerprint density at radius 3 is 1.61 bits per heavy atom. The van der Waals surface area contributed by atoms with Gasteiger partial charge in [-0.2, -0.15) is 0 Å². The van der Waals surface area contributed by atoms with Crippen LogP contribution in [0.2, 0.25) is 0 Å². The summed E-state index contributed by atoms with van der Waals surface area (Å²) in [5.74, 6) is -1.34. The standard InChI is InChI=1S/C61H97NO10/c1-4-7-10-13-16-19-22-25-26-27-28-29-31-33-36-39-42-45-48-54(65)60(69)62-52(53(64)47-44-41-38-35-32-24-21-18-15-12-9-6-3)51-70-61-59(58(68)57(67)55(50-63)71-61)72-56(66)49-46-43-40-37-34-30-23-20-17-14-11-8-5-2/h7-8,10-11,14,16-17,19-20,23,25-26,28-30,33-34,36,42,44-45,47,52-55,57-59,61,63-65,67-68H,4-6,9,12-13,15,18,21-22,24,27,31-32,35,37-41,43,46,48-51H2,1-3H3,(H,62,69)/b10-7-,11-8+,17-14+,19-16-,23-20-,26-25-,29-28-,34-30-,36-33-,45-42-,47-44+. The van der Waals surface area contributed by atoms with Crippen LogP contribution in [0.5, 0.6) is 0 Å². The molecule has 1 heterocycles. The van der Waals surface area contributed by atoms with E-state index in [4.69, 9.17) is 14.2 Å². The van der Waals surface area contributed by atoms with Gasteiger partial charge >= 0.3 is 5.97 Å². The predicted molar refractivity (Wildman–Crippen MR) is 296 cm³/mol. The van der Waals surface area contributed by atoms with E-state index in [1.165, 1.54) is 44.9 Å². The first kappa shape index (κ1) is 65.8. The number of unbranched alkanes of at least 4 members (excludes halogenated alkanes) is 13. The lowest BCUT2D eigenvalue weighted by molar-refractivity contribution is -0.305. The molecule has 8 unspecified atom stereocenters. The van der Waals surface area contributed by atoms with Crippen molar-refractivity contribution >= 4 is 11.9 Å². The van der Waals surface area contributed by atoms with Crippen molar-refractivity contribution in [3.63, 3.8) is 0 Å². The van der Waals surface area contributed by atoms with Gasteiger partial charge in [-0.25, -0.2) is 0 Å². The molecule has 8 atom stereocenters. The second-order valence-electron chi connectivity index (χ2n) is 18.3. The van der Waals surface area contributed by atoms with Gasteiger partial charge in [0.15, 0.2) is 12.4 Å². The number of nitrogens with one attached hydrogen (secondary N) is 1. The van der Waals surface area contributed by atoms with Crippen molar-refractivity contribution in [2.75, 3.05) is 13.2 Å². The number of allylic oxidation sites excluding steroid dienone is 20. The fourth-order valence-corrected chi connectivity index (χ4v) is 7.56. The molecular weight excluding hydrogens is 907 g/mol. The van der Waals surface area contributed by atoms with Crippen LogP contribution in [0.25, 0.3) is 0 Å². The molecule has 1 aliphatic heterocycles. The zero-order valence-corrected chi connectivity index (χ0v) is 44.5. The average molecular weight is 1000 g/mol. The number of aliphatic hydroxyl groups excluding tert-OH is 5. The summed E-state index contributed by atoms with van der Waals surface area (Å²) in [6, 6.07) is -1.08. The van der Waals surface area contributed by atoms with Crippen LogP contribution in [0.4, 0.5) is 0 Å². The quantitative estimate of drug-likeness (QED) is 0.0149. The number of hydrogen-bond donors (Lipinski definition) is 6. The zero-order chi connectivity index (χ0) is 52.5. The summed E-state index contributed by atoms with van der Waals surface area (Å²) in [6.45, 7) is 5.42. The van der Waals surface area contributed by atoms with E-state index in [0.29, 0.717) is 12.8 Å². The van der Waals surface area contributed by atoms with E-state index >= 15 is 0 Å². The number of esters is 1. The van der Waals surface area contributed by atoms with Gasteiger partial charge in [-0.1, -0.05) is 219 Å². The van der Waals surface area contributed by atoms with Gasteiger partial charge in [-0.3, -0.25) is 9.59 Å². The normalized spacial score (nSPS) is 20.6. The lowest BCUT2D eigenvalue weighted by atomic mass is 9.99. The molecule has 1 fully saturated rings. The fraction of sp³-hybridized carbons (Fsp3) is 0.607. The first-order valence-corrected chi connectivity index (χ1v) is 27.5. The van der Waals surface area contributed by atoms with Gasteiger partial charge in [0.2, 0.25) is 5.91 Å². The molecule has 0 aromatic heterocycles. The zero-order valence-electron chi connectivity index (χ0n) is 44.5. The van der Waals surface area contributed by atoms with Crippen molar-refractivity contribution in [1.29, 1.82) is 0 Å². The fourth-order valence-electron chi connectivity index (χ4n) is 7.56. The van der Waals surface area contributed by atoms with Crippen molar-refractivity contribution in [1.82, 2.24) is 5.32 Å². The molecule has 0 aliphatic carbocycles. The van der Waals surface area contributed by atoms with Crippen LogP contribution in [0, 0.1) is 0 Å². The summed E-state index contributed by atoms with van der Waals surface area (Å²) >= 11 is 0. The molecule has 1 amide bonds. The predicted octanol–water partition coefficient (Wildman–Crippen LogP) is 12.1. The molecule has 406 valence electrons. The van der Waals surface area contributed by atoms with Crippen LogP contribution in [0.3, 0.4) is 0 Å². The Morgan fingerprint density at radius 2 is 1.06 bits per heavy atom.